The highest BCUT2D eigenvalue weighted by Gasteiger charge is 2.22. The first-order valence-electron chi connectivity index (χ1n) is 7.32. The van der Waals surface area contributed by atoms with Crippen LogP contribution in [-0.4, -0.2) is 15.5 Å². The second-order valence-corrected chi connectivity index (χ2v) is 8.16. The Hall–Kier alpha value is -1.43. The SMILES string of the molecule is COc1cc(C)c(S(=O)(=O)Nc2cccc(Cl)c2Cl)cc1C(C)C. The Bertz CT molecular complexity index is 864. The molecule has 0 saturated heterocycles. The highest BCUT2D eigenvalue weighted by Crippen LogP contribution is 2.34. The predicted molar refractivity (Wildman–Crippen MR) is 99.1 cm³/mol. The van der Waals surface area contributed by atoms with Gasteiger partial charge in [0.25, 0.3) is 10.0 Å². The molecule has 0 fully saturated rings. The minimum absolute atomic E-state index is 0.115. The van der Waals surface area contributed by atoms with E-state index in [9.17, 15) is 8.42 Å². The van der Waals surface area contributed by atoms with Crippen LogP contribution in [0.15, 0.2) is 35.2 Å². The standard InChI is InChI=1S/C17H19Cl2NO3S/c1-10(2)12-9-16(11(3)8-15(12)23-4)24(21,22)20-14-7-5-6-13(18)17(14)19/h5-10,20H,1-4H3. The van der Waals surface area contributed by atoms with E-state index in [1.807, 2.05) is 13.8 Å². The first-order chi connectivity index (χ1) is 11.2. The van der Waals surface area contributed by atoms with Gasteiger partial charge in [-0.3, -0.25) is 4.72 Å². The Balaban J connectivity index is 2.53. The molecule has 2 rings (SSSR count). The van der Waals surface area contributed by atoms with Crippen molar-refractivity contribution in [2.45, 2.75) is 31.6 Å². The molecule has 0 aliphatic rings. The molecule has 7 heteroatoms. The summed E-state index contributed by atoms with van der Waals surface area (Å²) in [5.41, 5.74) is 1.65. The molecule has 2 aromatic carbocycles. The number of halogens is 2. The van der Waals surface area contributed by atoms with Gasteiger partial charge in [-0.25, -0.2) is 8.42 Å². The normalized spacial score (nSPS) is 11.6. The zero-order valence-electron chi connectivity index (χ0n) is 13.9. The average molecular weight is 388 g/mol. The third-order valence-electron chi connectivity index (χ3n) is 3.63. The Morgan fingerprint density at radius 2 is 1.83 bits per heavy atom. The van der Waals surface area contributed by atoms with Crippen LogP contribution in [0.25, 0.3) is 0 Å². The lowest BCUT2D eigenvalue weighted by molar-refractivity contribution is 0.406. The Kier molecular flexibility index (Phi) is 5.68. The van der Waals surface area contributed by atoms with Gasteiger partial charge < -0.3 is 4.74 Å². The molecular formula is C17H19Cl2NO3S. The van der Waals surface area contributed by atoms with Crippen LogP contribution in [0, 0.1) is 6.92 Å². The molecule has 0 spiro atoms. The number of nitrogens with one attached hydrogen (secondary N) is 1. The summed E-state index contributed by atoms with van der Waals surface area (Å²) < 4.78 is 33.5. The summed E-state index contributed by atoms with van der Waals surface area (Å²) in [5.74, 6) is 0.784. The van der Waals surface area contributed by atoms with Gasteiger partial charge in [0.2, 0.25) is 0 Å². The number of benzene rings is 2. The molecule has 0 atom stereocenters. The van der Waals surface area contributed by atoms with Crippen LogP contribution in [0.1, 0.15) is 30.9 Å². The number of hydrogen-bond donors (Lipinski definition) is 1. The van der Waals surface area contributed by atoms with E-state index in [1.165, 1.54) is 0 Å². The van der Waals surface area contributed by atoms with Crippen molar-refractivity contribution < 1.29 is 13.2 Å². The molecule has 130 valence electrons. The van der Waals surface area contributed by atoms with Gasteiger partial charge in [0.05, 0.1) is 27.7 Å². The van der Waals surface area contributed by atoms with Gasteiger partial charge in [-0.2, -0.15) is 0 Å². The number of anilines is 1. The maximum absolute atomic E-state index is 12.8. The number of ether oxygens (including phenoxy) is 1. The molecule has 0 unspecified atom stereocenters. The molecule has 0 aliphatic heterocycles. The van der Waals surface area contributed by atoms with Gasteiger partial charge in [-0.15, -0.1) is 0 Å². The summed E-state index contributed by atoms with van der Waals surface area (Å²) in [5, 5.41) is 0.448. The number of rotatable bonds is 5. The van der Waals surface area contributed by atoms with Crippen LogP contribution in [0.3, 0.4) is 0 Å². The highest BCUT2D eigenvalue weighted by atomic mass is 35.5. The molecule has 4 nitrogen and oxygen atoms in total. The summed E-state index contributed by atoms with van der Waals surface area (Å²) in [6.07, 6.45) is 0. The lowest BCUT2D eigenvalue weighted by atomic mass is 10.0. The molecule has 0 heterocycles. The Morgan fingerprint density at radius 1 is 1.17 bits per heavy atom. The number of hydrogen-bond acceptors (Lipinski definition) is 3. The number of methoxy groups -OCH3 is 1. The molecule has 0 saturated carbocycles. The zero-order valence-corrected chi connectivity index (χ0v) is 16.2. The predicted octanol–water partition coefficient (Wildman–Crippen LogP) is 5.23. The second kappa shape index (κ2) is 7.21. The van der Waals surface area contributed by atoms with Gasteiger partial charge in [-0.1, -0.05) is 43.1 Å². The second-order valence-electron chi connectivity index (χ2n) is 5.72. The summed E-state index contributed by atoms with van der Waals surface area (Å²) >= 11 is 12.0. The molecule has 0 radical (unpaired) electrons. The Morgan fingerprint density at radius 3 is 2.42 bits per heavy atom. The van der Waals surface area contributed by atoms with Crippen LogP contribution in [0.4, 0.5) is 5.69 Å². The fourth-order valence-corrected chi connectivity index (χ4v) is 4.12. The van der Waals surface area contributed by atoms with Crippen molar-refractivity contribution in [2.24, 2.45) is 0 Å². The van der Waals surface area contributed by atoms with Crippen molar-refractivity contribution in [2.75, 3.05) is 11.8 Å². The van der Waals surface area contributed by atoms with Crippen molar-refractivity contribution in [1.82, 2.24) is 0 Å². The molecule has 0 amide bonds. The van der Waals surface area contributed by atoms with Crippen molar-refractivity contribution >= 4 is 38.9 Å². The molecule has 0 bridgehead atoms. The lowest BCUT2D eigenvalue weighted by Gasteiger charge is -2.17. The van der Waals surface area contributed by atoms with Crippen LogP contribution < -0.4 is 9.46 Å². The summed E-state index contributed by atoms with van der Waals surface area (Å²) in [7, 11) is -2.24. The van der Waals surface area contributed by atoms with Crippen molar-refractivity contribution in [1.29, 1.82) is 0 Å². The van der Waals surface area contributed by atoms with Crippen molar-refractivity contribution in [3.63, 3.8) is 0 Å². The molecular weight excluding hydrogens is 369 g/mol. The van der Waals surface area contributed by atoms with Gasteiger partial charge in [-0.05, 0) is 48.2 Å². The van der Waals surface area contributed by atoms with E-state index < -0.39 is 10.0 Å². The third kappa shape index (κ3) is 3.79. The van der Waals surface area contributed by atoms with E-state index in [4.69, 9.17) is 27.9 Å². The van der Waals surface area contributed by atoms with Crippen LogP contribution in [0.5, 0.6) is 5.75 Å². The first kappa shape index (κ1) is 18.9. The van der Waals surface area contributed by atoms with Gasteiger partial charge in [0, 0.05) is 0 Å². The minimum atomic E-state index is -3.81. The fraction of sp³-hybridized carbons (Fsp3) is 0.294. The van der Waals surface area contributed by atoms with E-state index in [2.05, 4.69) is 4.72 Å². The molecule has 1 N–H and O–H groups in total. The van der Waals surface area contributed by atoms with E-state index in [0.717, 1.165) is 5.56 Å². The zero-order chi connectivity index (χ0) is 18.1. The van der Waals surface area contributed by atoms with Crippen LogP contribution in [0.2, 0.25) is 10.0 Å². The third-order valence-corrected chi connectivity index (χ3v) is 5.96. The van der Waals surface area contributed by atoms with Gasteiger partial charge >= 0.3 is 0 Å². The number of aryl methyl sites for hydroxylation is 1. The van der Waals surface area contributed by atoms with Crippen LogP contribution in [-0.2, 0) is 10.0 Å². The summed E-state index contributed by atoms with van der Waals surface area (Å²) in [4.78, 5) is 0.183. The Labute approximate surface area is 152 Å². The average Bonchev–Trinajstić information content (AvgIpc) is 2.50. The van der Waals surface area contributed by atoms with Crippen LogP contribution >= 0.6 is 23.2 Å². The van der Waals surface area contributed by atoms with Gasteiger partial charge in [0.15, 0.2) is 0 Å². The summed E-state index contributed by atoms with van der Waals surface area (Å²) in [6.45, 7) is 5.68. The largest absolute Gasteiger partial charge is 0.496 e. The van der Waals surface area contributed by atoms with E-state index in [-0.39, 0.29) is 26.5 Å². The highest BCUT2D eigenvalue weighted by molar-refractivity contribution is 7.92. The van der Waals surface area contributed by atoms with Gasteiger partial charge in [0.1, 0.15) is 5.75 Å². The minimum Gasteiger partial charge on any atom is -0.496 e. The quantitative estimate of drug-likeness (QED) is 0.763. The topological polar surface area (TPSA) is 55.4 Å². The fourth-order valence-electron chi connectivity index (χ4n) is 2.38. The van der Waals surface area contributed by atoms with Crippen molar-refractivity contribution in [3.05, 3.63) is 51.5 Å². The summed E-state index contributed by atoms with van der Waals surface area (Å²) in [6, 6.07) is 8.15. The van der Waals surface area contributed by atoms with Crippen molar-refractivity contribution in [3.8, 4) is 5.75 Å². The van der Waals surface area contributed by atoms with E-state index in [0.29, 0.717) is 11.3 Å². The maximum Gasteiger partial charge on any atom is 0.262 e. The molecule has 2 aromatic rings. The first-order valence-corrected chi connectivity index (χ1v) is 9.56. The molecule has 0 aromatic heterocycles. The lowest BCUT2D eigenvalue weighted by Crippen LogP contribution is -2.15. The molecule has 0 aliphatic carbocycles. The monoisotopic (exact) mass is 387 g/mol. The molecule has 24 heavy (non-hydrogen) atoms. The van der Waals surface area contributed by atoms with E-state index >= 15 is 0 Å². The maximum atomic E-state index is 12.8. The van der Waals surface area contributed by atoms with E-state index in [1.54, 1.807) is 44.4 Å². The number of sulfonamides is 1. The smallest absolute Gasteiger partial charge is 0.262 e.